The van der Waals surface area contributed by atoms with Gasteiger partial charge in [-0.3, -0.25) is 9.69 Å². The third kappa shape index (κ3) is 1.56. The highest BCUT2D eigenvalue weighted by Crippen LogP contribution is 2.43. The zero-order valence-electron chi connectivity index (χ0n) is 11.2. The molecule has 0 radical (unpaired) electrons. The normalized spacial score (nSPS) is 44.4. The van der Waals surface area contributed by atoms with Gasteiger partial charge in [0.1, 0.15) is 0 Å². The molecular weight excluding hydrogens is 224 g/mol. The number of carbonyl (C=O) groups is 1. The second kappa shape index (κ2) is 4.22. The molecule has 4 fully saturated rings. The fourth-order valence-corrected chi connectivity index (χ4v) is 5.04. The van der Waals surface area contributed by atoms with Crippen molar-refractivity contribution in [2.45, 2.75) is 57.0 Å². The van der Waals surface area contributed by atoms with E-state index in [-0.39, 0.29) is 0 Å². The lowest BCUT2D eigenvalue weighted by Gasteiger charge is -2.56. The molecule has 0 saturated carbocycles. The molecular formula is C15H24N2O. The van der Waals surface area contributed by atoms with Crippen molar-refractivity contribution in [3.63, 3.8) is 0 Å². The van der Waals surface area contributed by atoms with Crippen molar-refractivity contribution in [3.05, 3.63) is 0 Å². The van der Waals surface area contributed by atoms with E-state index in [1.54, 1.807) is 0 Å². The minimum atomic E-state index is 0.346. The van der Waals surface area contributed by atoms with E-state index in [0.717, 1.165) is 12.5 Å². The molecule has 0 aromatic rings. The third-order valence-electron chi connectivity index (χ3n) is 5.85. The van der Waals surface area contributed by atoms with Crippen LogP contribution in [0, 0.1) is 11.8 Å². The Morgan fingerprint density at radius 3 is 2.61 bits per heavy atom. The molecule has 4 heterocycles. The highest BCUT2D eigenvalue weighted by atomic mass is 16.2. The molecule has 4 aliphatic heterocycles. The van der Waals surface area contributed by atoms with Gasteiger partial charge in [0.2, 0.25) is 5.91 Å². The van der Waals surface area contributed by atoms with Gasteiger partial charge < -0.3 is 4.90 Å². The van der Waals surface area contributed by atoms with Crippen LogP contribution in [-0.2, 0) is 4.79 Å². The van der Waals surface area contributed by atoms with Gasteiger partial charge in [-0.05, 0) is 51.0 Å². The number of piperidine rings is 4. The minimum Gasteiger partial charge on any atom is -0.339 e. The third-order valence-corrected chi connectivity index (χ3v) is 5.85. The summed E-state index contributed by atoms with van der Waals surface area (Å²) in [6.07, 6.45) is 8.97. The molecule has 0 unspecified atom stereocenters. The first-order valence-electron chi connectivity index (χ1n) is 7.89. The van der Waals surface area contributed by atoms with Crippen LogP contribution in [-0.4, -0.2) is 47.4 Å². The van der Waals surface area contributed by atoms with Crippen LogP contribution >= 0.6 is 0 Å². The number of nitrogens with zero attached hydrogens (tertiary/aromatic N) is 2. The number of rotatable bonds is 0. The Kier molecular flexibility index (Phi) is 2.65. The summed E-state index contributed by atoms with van der Waals surface area (Å²) in [6.45, 7) is 3.57. The van der Waals surface area contributed by atoms with Gasteiger partial charge in [-0.25, -0.2) is 0 Å². The fraction of sp³-hybridized carbons (Fsp3) is 0.933. The van der Waals surface area contributed by atoms with Crippen LogP contribution in [0.2, 0.25) is 0 Å². The predicted molar refractivity (Wildman–Crippen MR) is 70.2 cm³/mol. The first kappa shape index (κ1) is 11.3. The summed E-state index contributed by atoms with van der Waals surface area (Å²) in [5.74, 6) is 1.63. The van der Waals surface area contributed by atoms with E-state index >= 15 is 0 Å². The lowest BCUT2D eigenvalue weighted by atomic mass is 9.70. The number of carbonyl (C=O) groups excluding carboxylic acids is 1. The van der Waals surface area contributed by atoms with Crippen LogP contribution in [0.25, 0.3) is 0 Å². The summed E-state index contributed by atoms with van der Waals surface area (Å²) < 4.78 is 0. The van der Waals surface area contributed by atoms with Gasteiger partial charge in [0.15, 0.2) is 0 Å². The van der Waals surface area contributed by atoms with Crippen LogP contribution in [0.3, 0.4) is 0 Å². The summed E-state index contributed by atoms with van der Waals surface area (Å²) in [7, 11) is 0. The monoisotopic (exact) mass is 248 g/mol. The van der Waals surface area contributed by atoms with E-state index in [1.807, 2.05) is 0 Å². The Morgan fingerprint density at radius 2 is 1.72 bits per heavy atom. The van der Waals surface area contributed by atoms with E-state index in [1.165, 1.54) is 58.0 Å². The molecule has 0 N–H and O–H groups in total. The van der Waals surface area contributed by atoms with Crippen molar-refractivity contribution in [1.82, 2.24) is 9.80 Å². The molecule has 4 rings (SSSR count). The van der Waals surface area contributed by atoms with E-state index in [4.69, 9.17) is 0 Å². The molecule has 4 atom stereocenters. The summed E-state index contributed by atoms with van der Waals surface area (Å²) in [4.78, 5) is 17.7. The first-order chi connectivity index (χ1) is 8.84. The van der Waals surface area contributed by atoms with Crippen molar-refractivity contribution < 1.29 is 4.79 Å². The average Bonchev–Trinajstić information content (AvgIpc) is 2.44. The maximum Gasteiger partial charge on any atom is 0.227 e. The van der Waals surface area contributed by atoms with Gasteiger partial charge in [0.25, 0.3) is 0 Å². The van der Waals surface area contributed by atoms with Gasteiger partial charge in [0.05, 0.1) is 5.92 Å². The van der Waals surface area contributed by atoms with Crippen molar-refractivity contribution in [1.29, 1.82) is 0 Å². The molecule has 4 aliphatic rings. The van der Waals surface area contributed by atoms with Gasteiger partial charge in [-0.2, -0.15) is 0 Å². The Morgan fingerprint density at radius 1 is 0.944 bits per heavy atom. The standard InChI is InChI=1S/C15H24N2O/c18-15-12-9-11(13-5-2-4-8-17(13)15)10-16-7-3-1-6-14(12)16/h11-14H,1-10H2/t11-,12-,13-,14+/m0/s1. The molecule has 0 aliphatic carbocycles. The summed E-state index contributed by atoms with van der Waals surface area (Å²) in [6, 6.07) is 1.18. The van der Waals surface area contributed by atoms with Gasteiger partial charge in [-0.1, -0.05) is 6.42 Å². The highest BCUT2D eigenvalue weighted by Gasteiger charge is 2.50. The Bertz CT molecular complexity index is 354. The van der Waals surface area contributed by atoms with Crippen LogP contribution in [0.5, 0.6) is 0 Å². The number of fused-ring (bicyclic) bond motifs is 6. The van der Waals surface area contributed by atoms with Crippen LogP contribution in [0.1, 0.15) is 44.9 Å². The lowest BCUT2D eigenvalue weighted by molar-refractivity contribution is -0.158. The molecule has 0 aromatic carbocycles. The minimum absolute atomic E-state index is 0.346. The van der Waals surface area contributed by atoms with E-state index in [2.05, 4.69) is 9.80 Å². The van der Waals surface area contributed by atoms with E-state index in [9.17, 15) is 4.79 Å². The van der Waals surface area contributed by atoms with Crippen molar-refractivity contribution >= 4 is 5.91 Å². The number of hydrogen-bond acceptors (Lipinski definition) is 2. The van der Waals surface area contributed by atoms with Crippen LogP contribution in [0.4, 0.5) is 0 Å². The second-order valence-electron chi connectivity index (χ2n) is 6.76. The molecule has 18 heavy (non-hydrogen) atoms. The lowest BCUT2D eigenvalue weighted by Crippen LogP contribution is -2.65. The fourth-order valence-electron chi connectivity index (χ4n) is 5.04. The van der Waals surface area contributed by atoms with Gasteiger partial charge in [-0.15, -0.1) is 0 Å². The molecule has 0 aromatic heterocycles. The number of amides is 1. The molecule has 2 bridgehead atoms. The largest absolute Gasteiger partial charge is 0.339 e. The maximum absolute atomic E-state index is 12.7. The van der Waals surface area contributed by atoms with Crippen molar-refractivity contribution in [3.8, 4) is 0 Å². The number of hydrogen-bond donors (Lipinski definition) is 0. The van der Waals surface area contributed by atoms with Crippen molar-refractivity contribution in [2.75, 3.05) is 19.6 Å². The van der Waals surface area contributed by atoms with Gasteiger partial charge >= 0.3 is 0 Å². The van der Waals surface area contributed by atoms with Crippen LogP contribution in [0.15, 0.2) is 0 Å². The summed E-state index contributed by atoms with van der Waals surface area (Å²) >= 11 is 0. The van der Waals surface area contributed by atoms with E-state index < -0.39 is 0 Å². The molecule has 4 saturated heterocycles. The summed E-state index contributed by atoms with van der Waals surface area (Å²) in [5, 5.41) is 0. The zero-order valence-corrected chi connectivity index (χ0v) is 11.2. The maximum atomic E-state index is 12.7. The molecule has 3 heteroatoms. The summed E-state index contributed by atoms with van der Waals surface area (Å²) in [5.41, 5.74) is 0. The molecule has 1 amide bonds. The quantitative estimate of drug-likeness (QED) is 0.653. The Hall–Kier alpha value is -0.570. The Labute approximate surface area is 110 Å². The first-order valence-corrected chi connectivity index (χ1v) is 7.89. The molecule has 100 valence electrons. The highest BCUT2D eigenvalue weighted by molar-refractivity contribution is 5.81. The van der Waals surface area contributed by atoms with Crippen molar-refractivity contribution in [2.24, 2.45) is 11.8 Å². The Balaban J connectivity index is 1.63. The zero-order chi connectivity index (χ0) is 12.1. The molecule has 0 spiro atoms. The average molecular weight is 248 g/mol. The SMILES string of the molecule is O=C1[C@H]2C[C@@H](CN3CCCC[C@H]23)[C@@H]2CCCCN12. The topological polar surface area (TPSA) is 23.6 Å². The second-order valence-corrected chi connectivity index (χ2v) is 6.76. The van der Waals surface area contributed by atoms with E-state index in [0.29, 0.717) is 23.9 Å². The smallest absolute Gasteiger partial charge is 0.227 e. The predicted octanol–water partition coefficient (Wildman–Crippen LogP) is 1.87. The molecule has 3 nitrogen and oxygen atoms in total. The van der Waals surface area contributed by atoms with Gasteiger partial charge in [0, 0.05) is 25.2 Å². The van der Waals surface area contributed by atoms with Crippen LogP contribution < -0.4 is 0 Å².